The van der Waals surface area contributed by atoms with Gasteiger partial charge in [-0.2, -0.15) is 0 Å². The van der Waals surface area contributed by atoms with Crippen LogP contribution in [0.3, 0.4) is 0 Å². The number of carbonyl (C=O) groups excluding carboxylic acids is 1. The highest BCUT2D eigenvalue weighted by molar-refractivity contribution is 6.66. The fourth-order valence-electron chi connectivity index (χ4n) is 3.34. The first-order valence-electron chi connectivity index (χ1n) is 11.1. The molecule has 160 valence electrons. The Kier molecular flexibility index (Phi) is 17.0. The molecule has 0 N–H and O–H groups in total. The van der Waals surface area contributed by atoms with E-state index in [0.717, 1.165) is 18.5 Å². The van der Waals surface area contributed by atoms with Crippen molar-refractivity contribution in [2.75, 3.05) is 6.61 Å². The molecule has 0 radical (unpaired) electrons. The molecule has 0 aromatic heterocycles. The van der Waals surface area contributed by atoms with Crippen LogP contribution in [0.4, 0.5) is 0 Å². The zero-order valence-electron chi connectivity index (χ0n) is 18.4. The van der Waals surface area contributed by atoms with Crippen molar-refractivity contribution in [3.8, 4) is 0 Å². The summed E-state index contributed by atoms with van der Waals surface area (Å²) in [6.07, 6.45) is 16.6. The molecule has 0 spiro atoms. The van der Waals surface area contributed by atoms with Gasteiger partial charge in [0.25, 0.3) is 0 Å². The van der Waals surface area contributed by atoms with Crippen molar-refractivity contribution in [3.05, 3.63) is 12.7 Å². The summed E-state index contributed by atoms with van der Waals surface area (Å²) in [5.41, 5.74) is 0. The Labute approximate surface area is 169 Å². The zero-order chi connectivity index (χ0) is 20.4. The van der Waals surface area contributed by atoms with E-state index in [1.807, 2.05) is 6.92 Å². The van der Waals surface area contributed by atoms with Crippen LogP contribution in [0.15, 0.2) is 12.7 Å². The molecule has 2 unspecified atom stereocenters. The quantitative estimate of drug-likeness (QED) is 0.0778. The highest BCUT2D eigenvalue weighted by atomic mass is 28.4. The Bertz CT molecular complexity index is 375. The number of unbranched alkanes of at least 4 members (excludes halogenated alkanes) is 11. The second kappa shape index (κ2) is 17.4. The fourth-order valence-corrected chi connectivity index (χ4v) is 5.93. The van der Waals surface area contributed by atoms with E-state index in [1.54, 1.807) is 6.92 Å². The second-order valence-corrected chi connectivity index (χ2v) is 10.8. The summed E-state index contributed by atoms with van der Waals surface area (Å²) in [4.78, 5) is 11.3. The molecule has 0 aliphatic rings. The summed E-state index contributed by atoms with van der Waals surface area (Å²) in [6, 6.07) is 0.939. The number of hydrogen-bond acceptors (Lipinski definition) is 4. The summed E-state index contributed by atoms with van der Waals surface area (Å²) in [6.45, 7) is 12.1. The normalized spacial score (nSPS) is 14.5. The van der Waals surface area contributed by atoms with Crippen LogP contribution in [0, 0.1) is 0 Å². The van der Waals surface area contributed by atoms with Crippen LogP contribution in [-0.2, 0) is 18.4 Å². The highest BCUT2D eigenvalue weighted by Crippen LogP contribution is 2.21. The van der Waals surface area contributed by atoms with Gasteiger partial charge in [0.2, 0.25) is 0 Å². The van der Waals surface area contributed by atoms with Crippen molar-refractivity contribution >= 4 is 14.5 Å². The molecule has 0 rings (SSSR count). The maximum absolute atomic E-state index is 11.3. The van der Waals surface area contributed by atoms with E-state index in [4.69, 9.17) is 13.6 Å². The van der Waals surface area contributed by atoms with Crippen molar-refractivity contribution in [3.63, 3.8) is 0 Å². The van der Waals surface area contributed by atoms with Crippen LogP contribution in [0.2, 0.25) is 12.6 Å². The standard InChI is InChI=1S/C22H44O4Si/c1-6-9-10-11-12-13-14-15-16-17-18-19-20-27(5,24-8-3)26-21(4)25-22(23)7-2/h7,21H,2,6,8-20H2,1,3-5H3. The lowest BCUT2D eigenvalue weighted by molar-refractivity contribution is -0.157. The molecule has 0 aliphatic heterocycles. The zero-order valence-corrected chi connectivity index (χ0v) is 19.4. The Hall–Kier alpha value is -0.653. The van der Waals surface area contributed by atoms with Gasteiger partial charge in [-0.3, -0.25) is 0 Å². The summed E-state index contributed by atoms with van der Waals surface area (Å²) in [5, 5.41) is 0. The number of carbonyl (C=O) groups is 1. The van der Waals surface area contributed by atoms with Gasteiger partial charge < -0.3 is 13.6 Å². The van der Waals surface area contributed by atoms with E-state index in [9.17, 15) is 4.79 Å². The number of ether oxygens (including phenoxy) is 1. The van der Waals surface area contributed by atoms with E-state index in [2.05, 4.69) is 20.0 Å². The molecule has 0 saturated carbocycles. The lowest BCUT2D eigenvalue weighted by Gasteiger charge is -2.29. The van der Waals surface area contributed by atoms with E-state index >= 15 is 0 Å². The first-order chi connectivity index (χ1) is 13.0. The largest absolute Gasteiger partial charge is 0.434 e. The minimum atomic E-state index is -2.30. The molecule has 0 heterocycles. The van der Waals surface area contributed by atoms with Gasteiger partial charge in [0.05, 0.1) is 0 Å². The maximum Gasteiger partial charge on any atom is 0.337 e. The van der Waals surface area contributed by atoms with Crippen molar-refractivity contribution < 1.29 is 18.4 Å². The summed E-state index contributed by atoms with van der Waals surface area (Å²) in [7, 11) is -2.30. The third-order valence-corrected chi connectivity index (χ3v) is 7.79. The average Bonchev–Trinajstić information content (AvgIpc) is 2.62. The van der Waals surface area contributed by atoms with E-state index < -0.39 is 20.8 Å². The number of rotatable bonds is 19. The molecule has 0 bridgehead atoms. The Morgan fingerprint density at radius 2 is 1.41 bits per heavy atom. The van der Waals surface area contributed by atoms with Crippen molar-refractivity contribution in [1.29, 1.82) is 0 Å². The highest BCUT2D eigenvalue weighted by Gasteiger charge is 2.33. The minimum absolute atomic E-state index is 0.458. The van der Waals surface area contributed by atoms with Gasteiger partial charge in [0.15, 0.2) is 6.29 Å². The third kappa shape index (κ3) is 16.0. The van der Waals surface area contributed by atoms with Crippen LogP contribution < -0.4 is 0 Å². The second-order valence-electron chi connectivity index (χ2n) is 7.53. The number of hydrogen-bond donors (Lipinski definition) is 0. The van der Waals surface area contributed by atoms with E-state index in [-0.39, 0.29) is 0 Å². The number of esters is 1. The van der Waals surface area contributed by atoms with Gasteiger partial charge in [0.1, 0.15) is 0 Å². The minimum Gasteiger partial charge on any atom is -0.434 e. The molecule has 0 aliphatic carbocycles. The van der Waals surface area contributed by atoms with Crippen molar-refractivity contribution in [2.45, 2.75) is 117 Å². The Morgan fingerprint density at radius 3 is 1.85 bits per heavy atom. The fraction of sp³-hybridized carbons (Fsp3) is 0.864. The molecular weight excluding hydrogens is 356 g/mol. The molecule has 0 aromatic carbocycles. The molecular formula is C22H44O4Si. The molecule has 0 aromatic rings. The van der Waals surface area contributed by atoms with E-state index in [1.165, 1.54) is 70.6 Å². The summed E-state index contributed by atoms with van der Waals surface area (Å²) in [5.74, 6) is -0.458. The first-order valence-corrected chi connectivity index (χ1v) is 13.6. The molecule has 4 nitrogen and oxygen atoms in total. The van der Waals surface area contributed by atoms with Gasteiger partial charge in [0, 0.05) is 12.7 Å². The van der Waals surface area contributed by atoms with Crippen LogP contribution >= 0.6 is 0 Å². The SMILES string of the molecule is C=CC(=O)OC(C)O[Si](C)(CCCCCCCCCCCCCC)OCC. The molecule has 27 heavy (non-hydrogen) atoms. The summed E-state index contributed by atoms with van der Waals surface area (Å²) < 4.78 is 17.0. The van der Waals surface area contributed by atoms with Crippen LogP contribution in [0.25, 0.3) is 0 Å². The van der Waals surface area contributed by atoms with Crippen molar-refractivity contribution in [1.82, 2.24) is 0 Å². The molecule has 2 atom stereocenters. The van der Waals surface area contributed by atoms with Gasteiger partial charge in [-0.1, -0.05) is 90.6 Å². The maximum atomic E-state index is 11.3. The molecule has 5 heteroatoms. The van der Waals surface area contributed by atoms with Gasteiger partial charge >= 0.3 is 14.5 Å². The summed E-state index contributed by atoms with van der Waals surface area (Å²) >= 11 is 0. The predicted octanol–water partition coefficient (Wildman–Crippen LogP) is 6.89. The lowest BCUT2D eigenvalue weighted by Crippen LogP contribution is -2.42. The Morgan fingerprint density at radius 1 is 0.926 bits per heavy atom. The smallest absolute Gasteiger partial charge is 0.337 e. The topological polar surface area (TPSA) is 44.8 Å². The van der Waals surface area contributed by atoms with Crippen LogP contribution in [0.5, 0.6) is 0 Å². The first kappa shape index (κ1) is 26.3. The van der Waals surface area contributed by atoms with Gasteiger partial charge in [-0.25, -0.2) is 4.79 Å². The van der Waals surface area contributed by atoms with Gasteiger partial charge in [-0.05, 0) is 26.4 Å². The van der Waals surface area contributed by atoms with Gasteiger partial charge in [-0.15, -0.1) is 0 Å². The van der Waals surface area contributed by atoms with Crippen LogP contribution in [-0.4, -0.2) is 27.4 Å². The van der Waals surface area contributed by atoms with Crippen LogP contribution in [0.1, 0.15) is 97.8 Å². The van der Waals surface area contributed by atoms with Crippen molar-refractivity contribution in [2.24, 2.45) is 0 Å². The average molecular weight is 401 g/mol. The van der Waals surface area contributed by atoms with E-state index in [0.29, 0.717) is 6.61 Å². The predicted molar refractivity (Wildman–Crippen MR) is 116 cm³/mol. The molecule has 0 amide bonds. The monoisotopic (exact) mass is 400 g/mol. The third-order valence-electron chi connectivity index (χ3n) is 4.80. The Balaban J connectivity index is 3.79. The molecule has 0 fully saturated rings. The lowest BCUT2D eigenvalue weighted by atomic mass is 10.1. The molecule has 0 saturated heterocycles.